The number of fused-ring (bicyclic) bond motifs is 1. The van der Waals surface area contributed by atoms with Gasteiger partial charge in [-0.1, -0.05) is 13.8 Å². The first-order valence-electron chi connectivity index (χ1n) is 13.6. The van der Waals surface area contributed by atoms with Gasteiger partial charge in [-0.05, 0) is 67.1 Å². The second-order valence-electron chi connectivity index (χ2n) is 10.7. The number of nitrogens with one attached hydrogen (secondary N) is 1. The van der Waals surface area contributed by atoms with Gasteiger partial charge >= 0.3 is 0 Å². The number of pyridine rings is 3. The maximum atomic E-state index is 14.7. The number of amides is 1. The van der Waals surface area contributed by atoms with Crippen LogP contribution in [0.15, 0.2) is 59.6 Å². The third-order valence-corrected chi connectivity index (χ3v) is 7.92. The number of carbonyl (C=O) groups is 1. The maximum absolute atomic E-state index is 14.7. The zero-order valence-electron chi connectivity index (χ0n) is 23.0. The van der Waals surface area contributed by atoms with Gasteiger partial charge in [-0.25, -0.2) is 14.4 Å². The molecule has 7 nitrogen and oxygen atoms in total. The lowest BCUT2D eigenvalue weighted by Gasteiger charge is -2.36. The lowest BCUT2D eigenvalue weighted by Crippen LogP contribution is -2.39. The number of aliphatic hydroxyl groups excluding tert-OH is 1. The summed E-state index contributed by atoms with van der Waals surface area (Å²) in [6.45, 7) is 8.42. The van der Waals surface area contributed by atoms with E-state index in [0.717, 1.165) is 35.4 Å². The fourth-order valence-electron chi connectivity index (χ4n) is 5.32. The molecule has 9 heteroatoms. The van der Waals surface area contributed by atoms with Gasteiger partial charge < -0.3 is 15.3 Å². The second-order valence-corrected chi connectivity index (χ2v) is 11.9. The third kappa shape index (κ3) is 6.77. The lowest BCUT2D eigenvalue weighted by molar-refractivity contribution is 0.0950. The Morgan fingerprint density at radius 2 is 1.88 bits per heavy atom. The van der Waals surface area contributed by atoms with Crippen LogP contribution in [0.25, 0.3) is 22.3 Å². The average molecular weight is 560 g/mol. The number of piperidine rings is 1. The SMILES string of the molecule is Cc1cc(SCCO)cc(C(=O)NCc2cc3nc(-c4cc(F)cc(N5CC(C)CC(C)C5)n4)ccc3cn2)c1. The normalized spacial score (nSPS) is 17.3. The molecule has 0 spiro atoms. The minimum atomic E-state index is -0.333. The van der Waals surface area contributed by atoms with E-state index in [1.807, 2.05) is 43.3 Å². The molecule has 1 fully saturated rings. The molecule has 1 saturated heterocycles. The van der Waals surface area contributed by atoms with Crippen molar-refractivity contribution in [2.24, 2.45) is 11.8 Å². The van der Waals surface area contributed by atoms with Crippen LogP contribution in [0.1, 0.15) is 41.9 Å². The topological polar surface area (TPSA) is 91.2 Å². The summed E-state index contributed by atoms with van der Waals surface area (Å²) >= 11 is 1.51. The van der Waals surface area contributed by atoms with E-state index < -0.39 is 0 Å². The summed E-state index contributed by atoms with van der Waals surface area (Å²) in [5.74, 6) is 1.74. The summed E-state index contributed by atoms with van der Waals surface area (Å²) in [6, 6.07) is 14.2. The Labute approximate surface area is 238 Å². The predicted octanol–water partition coefficient (Wildman–Crippen LogP) is 5.64. The fourth-order valence-corrected chi connectivity index (χ4v) is 6.13. The number of aliphatic hydroxyl groups is 1. The predicted molar refractivity (Wildman–Crippen MR) is 158 cm³/mol. The highest BCUT2D eigenvalue weighted by atomic mass is 32.2. The van der Waals surface area contributed by atoms with Crippen molar-refractivity contribution < 1.29 is 14.3 Å². The number of halogens is 1. The van der Waals surface area contributed by atoms with Gasteiger partial charge in [-0.2, -0.15) is 0 Å². The standard InChI is InChI=1S/C31H34FN5O2S/c1-19-9-23(11-26(10-19)40-7-6-38)31(39)34-16-25-14-28-22(15-33-25)4-5-27(35-28)29-12-24(32)13-30(36-29)37-17-20(2)8-21(3)18-37/h4-5,9-15,20-21,38H,6-8,16-18H2,1-3H3,(H,34,39). The summed E-state index contributed by atoms with van der Waals surface area (Å²) in [7, 11) is 0. The number of aryl methyl sites for hydroxylation is 1. The molecule has 2 unspecified atom stereocenters. The van der Waals surface area contributed by atoms with E-state index in [9.17, 15) is 9.18 Å². The van der Waals surface area contributed by atoms with Gasteiger partial charge in [0, 0.05) is 53.0 Å². The number of rotatable bonds is 8. The molecule has 0 saturated carbocycles. The number of benzene rings is 1. The summed E-state index contributed by atoms with van der Waals surface area (Å²) in [5.41, 5.74) is 3.98. The van der Waals surface area contributed by atoms with Crippen LogP contribution in [-0.4, -0.2) is 51.4 Å². The monoisotopic (exact) mass is 559 g/mol. The molecule has 1 amide bonds. The molecule has 3 aromatic heterocycles. The third-order valence-electron chi connectivity index (χ3n) is 6.97. The summed E-state index contributed by atoms with van der Waals surface area (Å²) in [4.78, 5) is 30.0. The first-order chi connectivity index (χ1) is 19.3. The van der Waals surface area contributed by atoms with Gasteiger partial charge in [-0.15, -0.1) is 11.8 Å². The molecule has 5 rings (SSSR count). The van der Waals surface area contributed by atoms with E-state index in [2.05, 4.69) is 29.0 Å². The molecule has 4 aromatic rings. The summed E-state index contributed by atoms with van der Waals surface area (Å²) < 4.78 is 14.7. The Balaban J connectivity index is 1.34. The van der Waals surface area contributed by atoms with Crippen molar-refractivity contribution in [2.45, 2.75) is 38.6 Å². The second kappa shape index (κ2) is 12.3. The van der Waals surface area contributed by atoms with Crippen LogP contribution >= 0.6 is 11.8 Å². The van der Waals surface area contributed by atoms with E-state index in [4.69, 9.17) is 15.1 Å². The van der Waals surface area contributed by atoms with Gasteiger partial charge in [0.2, 0.25) is 0 Å². The van der Waals surface area contributed by atoms with Crippen molar-refractivity contribution in [3.8, 4) is 11.4 Å². The van der Waals surface area contributed by atoms with Crippen LogP contribution in [-0.2, 0) is 6.54 Å². The molecule has 0 bridgehead atoms. The molecular weight excluding hydrogens is 525 g/mol. The first-order valence-corrected chi connectivity index (χ1v) is 14.6. The molecule has 1 aliphatic rings. The van der Waals surface area contributed by atoms with Gasteiger partial charge in [-0.3, -0.25) is 9.78 Å². The number of hydrogen-bond acceptors (Lipinski definition) is 7. The van der Waals surface area contributed by atoms with Crippen LogP contribution in [0.4, 0.5) is 10.2 Å². The van der Waals surface area contributed by atoms with Crippen molar-refractivity contribution in [3.05, 3.63) is 77.4 Å². The minimum Gasteiger partial charge on any atom is -0.396 e. The molecule has 2 N–H and O–H groups in total. The molecule has 1 aliphatic heterocycles. The first kappa shape index (κ1) is 28.0. The smallest absolute Gasteiger partial charge is 0.251 e. The largest absolute Gasteiger partial charge is 0.396 e. The van der Waals surface area contributed by atoms with Crippen molar-refractivity contribution in [1.82, 2.24) is 20.3 Å². The van der Waals surface area contributed by atoms with E-state index in [1.54, 1.807) is 6.20 Å². The Bertz CT molecular complexity index is 1520. The Morgan fingerprint density at radius 1 is 1.07 bits per heavy atom. The maximum Gasteiger partial charge on any atom is 0.251 e. The minimum absolute atomic E-state index is 0.0803. The van der Waals surface area contributed by atoms with Crippen LogP contribution in [0.2, 0.25) is 0 Å². The molecular formula is C31H34FN5O2S. The van der Waals surface area contributed by atoms with Crippen LogP contribution in [0.3, 0.4) is 0 Å². The molecule has 1 aromatic carbocycles. The molecule has 208 valence electrons. The Kier molecular flexibility index (Phi) is 8.61. The molecule has 2 atom stereocenters. The highest BCUT2D eigenvalue weighted by Crippen LogP contribution is 2.28. The van der Waals surface area contributed by atoms with E-state index in [1.165, 1.54) is 23.9 Å². The molecule has 0 aliphatic carbocycles. The van der Waals surface area contributed by atoms with Crippen molar-refractivity contribution in [2.75, 3.05) is 30.3 Å². The van der Waals surface area contributed by atoms with E-state index >= 15 is 0 Å². The van der Waals surface area contributed by atoms with Gasteiger partial charge in [0.05, 0.1) is 35.8 Å². The summed E-state index contributed by atoms with van der Waals surface area (Å²) in [5, 5.41) is 12.9. The Morgan fingerprint density at radius 3 is 2.65 bits per heavy atom. The number of hydrogen-bond donors (Lipinski definition) is 2. The van der Waals surface area contributed by atoms with Crippen LogP contribution in [0, 0.1) is 24.6 Å². The van der Waals surface area contributed by atoms with Gasteiger partial charge in [0.15, 0.2) is 0 Å². The van der Waals surface area contributed by atoms with Gasteiger partial charge in [0.25, 0.3) is 5.91 Å². The van der Waals surface area contributed by atoms with Crippen LogP contribution < -0.4 is 10.2 Å². The zero-order valence-corrected chi connectivity index (χ0v) is 23.8. The van der Waals surface area contributed by atoms with E-state index in [0.29, 0.717) is 51.6 Å². The number of nitrogens with zero attached hydrogens (tertiary/aromatic N) is 4. The molecule has 4 heterocycles. The quantitative estimate of drug-likeness (QED) is 0.270. The van der Waals surface area contributed by atoms with Crippen LogP contribution in [0.5, 0.6) is 0 Å². The number of thioether (sulfide) groups is 1. The molecule has 40 heavy (non-hydrogen) atoms. The van der Waals surface area contributed by atoms with Gasteiger partial charge in [0.1, 0.15) is 11.6 Å². The molecule has 0 radical (unpaired) electrons. The number of carbonyl (C=O) groups excluding carboxylic acids is 1. The fraction of sp³-hybridized carbons (Fsp3) is 0.355. The average Bonchev–Trinajstić information content (AvgIpc) is 2.93. The van der Waals surface area contributed by atoms with Crippen molar-refractivity contribution >= 4 is 34.4 Å². The van der Waals surface area contributed by atoms with Crippen molar-refractivity contribution in [3.63, 3.8) is 0 Å². The van der Waals surface area contributed by atoms with E-state index in [-0.39, 0.29) is 24.9 Å². The zero-order chi connectivity index (χ0) is 28.2. The number of aromatic nitrogens is 3. The highest BCUT2D eigenvalue weighted by Gasteiger charge is 2.23. The number of anilines is 1. The Hall–Kier alpha value is -3.56. The van der Waals surface area contributed by atoms with Crippen molar-refractivity contribution in [1.29, 1.82) is 0 Å². The summed E-state index contributed by atoms with van der Waals surface area (Å²) in [6.07, 6.45) is 2.89. The lowest BCUT2D eigenvalue weighted by atomic mass is 9.92. The highest BCUT2D eigenvalue weighted by molar-refractivity contribution is 7.99.